The summed E-state index contributed by atoms with van der Waals surface area (Å²) in [5.41, 5.74) is 2.01. The Kier molecular flexibility index (Phi) is 7.66. The second-order valence-electron chi connectivity index (χ2n) is 7.57. The molecule has 10 heteroatoms. The third-order valence-corrected chi connectivity index (χ3v) is 6.81. The number of ether oxygens (including phenoxy) is 4. The number of benzene rings is 2. The molecule has 0 unspecified atom stereocenters. The molecule has 1 aromatic heterocycles. The van der Waals surface area contributed by atoms with Crippen molar-refractivity contribution in [2.75, 3.05) is 28.4 Å². The quantitative estimate of drug-likeness (QED) is 0.225. The van der Waals surface area contributed by atoms with Crippen molar-refractivity contribution in [1.82, 2.24) is 4.90 Å². The first kappa shape index (κ1) is 25.3. The summed E-state index contributed by atoms with van der Waals surface area (Å²) < 4.78 is 27.2. The number of thiocarbonyl (C=S) groups is 1. The minimum Gasteiger partial charge on any atom is -0.493 e. The zero-order chi connectivity index (χ0) is 25.8. The molecule has 8 nitrogen and oxygen atoms in total. The lowest BCUT2D eigenvalue weighted by atomic mass is 10.1. The van der Waals surface area contributed by atoms with Crippen molar-refractivity contribution >= 4 is 46.3 Å². The molecular formula is C26H23NO7S2. The number of methoxy groups -OCH3 is 4. The number of esters is 1. The van der Waals surface area contributed by atoms with Crippen LogP contribution in [0.25, 0.3) is 17.4 Å². The number of thioether (sulfide) groups is 1. The lowest BCUT2D eigenvalue weighted by molar-refractivity contribution is -0.122. The molecule has 1 fully saturated rings. The molecule has 2 aromatic carbocycles. The van der Waals surface area contributed by atoms with Gasteiger partial charge in [-0.3, -0.25) is 9.69 Å². The smallest absolute Gasteiger partial charge is 0.337 e. The van der Waals surface area contributed by atoms with E-state index in [1.807, 2.05) is 0 Å². The molecule has 1 aliphatic rings. The minimum absolute atomic E-state index is 0.223. The summed E-state index contributed by atoms with van der Waals surface area (Å²) in [6, 6.07) is 14.0. The molecule has 1 amide bonds. The fraction of sp³-hybridized carbons (Fsp3) is 0.192. The van der Waals surface area contributed by atoms with Gasteiger partial charge in [-0.25, -0.2) is 4.79 Å². The van der Waals surface area contributed by atoms with Crippen LogP contribution in [-0.2, 0) is 16.1 Å². The Bertz CT molecular complexity index is 1320. The van der Waals surface area contributed by atoms with Crippen molar-refractivity contribution in [3.05, 3.63) is 70.3 Å². The summed E-state index contributed by atoms with van der Waals surface area (Å²) in [4.78, 5) is 26.7. The molecule has 36 heavy (non-hydrogen) atoms. The Balaban J connectivity index is 1.52. The van der Waals surface area contributed by atoms with Gasteiger partial charge in [0.2, 0.25) is 5.75 Å². The molecule has 0 spiro atoms. The van der Waals surface area contributed by atoms with E-state index in [-0.39, 0.29) is 12.5 Å². The van der Waals surface area contributed by atoms with E-state index in [0.717, 1.165) is 11.1 Å². The monoisotopic (exact) mass is 525 g/mol. The third-order valence-electron chi connectivity index (χ3n) is 5.43. The van der Waals surface area contributed by atoms with E-state index in [1.54, 1.807) is 54.6 Å². The third kappa shape index (κ3) is 5.09. The normalized spacial score (nSPS) is 14.3. The second-order valence-corrected chi connectivity index (χ2v) is 9.25. The van der Waals surface area contributed by atoms with Crippen LogP contribution in [0.2, 0.25) is 0 Å². The average molecular weight is 526 g/mol. The van der Waals surface area contributed by atoms with Gasteiger partial charge in [0, 0.05) is 11.6 Å². The molecular weight excluding hydrogens is 502 g/mol. The van der Waals surface area contributed by atoms with Gasteiger partial charge in [0.15, 0.2) is 11.5 Å². The molecule has 3 aromatic rings. The predicted octanol–water partition coefficient (Wildman–Crippen LogP) is 5.16. The highest BCUT2D eigenvalue weighted by molar-refractivity contribution is 8.26. The van der Waals surface area contributed by atoms with E-state index < -0.39 is 5.97 Å². The first-order valence-electron chi connectivity index (χ1n) is 10.7. The lowest BCUT2D eigenvalue weighted by Crippen LogP contribution is -2.27. The van der Waals surface area contributed by atoms with Crippen molar-refractivity contribution in [1.29, 1.82) is 0 Å². The molecule has 2 heterocycles. The van der Waals surface area contributed by atoms with E-state index in [0.29, 0.717) is 43.6 Å². The van der Waals surface area contributed by atoms with E-state index in [2.05, 4.69) is 0 Å². The highest BCUT2D eigenvalue weighted by Crippen LogP contribution is 2.40. The van der Waals surface area contributed by atoms with Crippen molar-refractivity contribution in [2.24, 2.45) is 0 Å². The summed E-state index contributed by atoms with van der Waals surface area (Å²) in [7, 11) is 5.94. The Hall–Kier alpha value is -3.76. The van der Waals surface area contributed by atoms with Crippen LogP contribution in [0.5, 0.6) is 17.2 Å². The average Bonchev–Trinajstić information content (AvgIpc) is 3.47. The molecule has 186 valence electrons. The SMILES string of the molecule is COC(=O)c1ccc(-c2ccc(C=C3SC(=S)N(Cc4cc(OC)c(OC)c(OC)c4)C3=O)o2)cc1. The molecule has 1 aliphatic heterocycles. The fourth-order valence-electron chi connectivity index (χ4n) is 3.65. The highest BCUT2D eigenvalue weighted by atomic mass is 32.2. The topological polar surface area (TPSA) is 87.4 Å². The summed E-state index contributed by atoms with van der Waals surface area (Å²) in [5.74, 6) is 1.95. The van der Waals surface area contributed by atoms with Gasteiger partial charge in [-0.2, -0.15) is 0 Å². The lowest BCUT2D eigenvalue weighted by Gasteiger charge is -2.18. The maximum atomic E-state index is 13.1. The summed E-state index contributed by atoms with van der Waals surface area (Å²) in [5, 5.41) is 0. The number of rotatable bonds is 8. The zero-order valence-electron chi connectivity index (χ0n) is 20.0. The van der Waals surface area contributed by atoms with Crippen molar-refractivity contribution < 1.29 is 33.0 Å². The fourth-order valence-corrected chi connectivity index (χ4v) is 4.88. The van der Waals surface area contributed by atoms with Crippen LogP contribution in [0, 0.1) is 0 Å². The summed E-state index contributed by atoms with van der Waals surface area (Å²) in [6.45, 7) is 0.245. The maximum absolute atomic E-state index is 13.1. The molecule has 0 radical (unpaired) electrons. The van der Waals surface area contributed by atoms with E-state index in [9.17, 15) is 9.59 Å². The van der Waals surface area contributed by atoms with Crippen LogP contribution in [0.4, 0.5) is 0 Å². The molecule has 1 saturated heterocycles. The van der Waals surface area contributed by atoms with Crippen LogP contribution in [-0.4, -0.2) is 49.5 Å². The predicted molar refractivity (Wildman–Crippen MR) is 140 cm³/mol. The Morgan fingerprint density at radius 3 is 2.25 bits per heavy atom. The second kappa shape index (κ2) is 10.9. The van der Waals surface area contributed by atoms with Crippen LogP contribution in [0.3, 0.4) is 0 Å². The van der Waals surface area contributed by atoms with E-state index in [1.165, 1.54) is 45.1 Å². The van der Waals surface area contributed by atoms with Gasteiger partial charge < -0.3 is 23.4 Å². The Morgan fingerprint density at radius 1 is 1.00 bits per heavy atom. The number of nitrogens with zero attached hydrogens (tertiary/aromatic N) is 1. The molecule has 0 N–H and O–H groups in total. The van der Waals surface area contributed by atoms with Crippen LogP contribution in [0.15, 0.2) is 57.9 Å². The zero-order valence-corrected chi connectivity index (χ0v) is 21.7. The molecule has 0 bridgehead atoms. The summed E-state index contributed by atoms with van der Waals surface area (Å²) in [6.07, 6.45) is 1.67. The largest absolute Gasteiger partial charge is 0.493 e. The molecule has 0 aliphatic carbocycles. The van der Waals surface area contributed by atoms with Crippen LogP contribution in [0.1, 0.15) is 21.7 Å². The van der Waals surface area contributed by atoms with Crippen molar-refractivity contribution in [3.8, 4) is 28.6 Å². The van der Waals surface area contributed by atoms with Gasteiger partial charge in [-0.1, -0.05) is 36.1 Å². The highest BCUT2D eigenvalue weighted by Gasteiger charge is 2.33. The van der Waals surface area contributed by atoms with Gasteiger partial charge >= 0.3 is 5.97 Å². The molecule has 0 saturated carbocycles. The number of amides is 1. The number of hydrogen-bond donors (Lipinski definition) is 0. The molecule has 0 atom stereocenters. The van der Waals surface area contributed by atoms with E-state index in [4.69, 9.17) is 35.6 Å². The Labute approximate surface area is 217 Å². The standard InChI is InChI=1S/C26H23NO7S2/c1-30-20-11-15(12-21(31-2)23(20)32-3)14-27-24(28)22(36-26(27)35)13-18-9-10-19(34-18)16-5-7-17(8-6-16)25(29)33-4/h5-13H,14H2,1-4H3. The van der Waals surface area contributed by atoms with Gasteiger partial charge in [0.25, 0.3) is 5.91 Å². The van der Waals surface area contributed by atoms with Crippen LogP contribution < -0.4 is 14.2 Å². The number of carbonyl (C=O) groups is 2. The van der Waals surface area contributed by atoms with Crippen molar-refractivity contribution in [3.63, 3.8) is 0 Å². The number of carbonyl (C=O) groups excluding carboxylic acids is 2. The Morgan fingerprint density at radius 2 is 1.67 bits per heavy atom. The maximum Gasteiger partial charge on any atom is 0.337 e. The number of furan rings is 1. The van der Waals surface area contributed by atoms with Crippen molar-refractivity contribution in [2.45, 2.75) is 6.54 Å². The molecule has 4 rings (SSSR count). The number of hydrogen-bond acceptors (Lipinski definition) is 9. The van der Waals surface area contributed by atoms with Gasteiger partial charge in [0.1, 0.15) is 15.8 Å². The van der Waals surface area contributed by atoms with Gasteiger partial charge in [-0.05, 0) is 42.0 Å². The van der Waals surface area contributed by atoms with Gasteiger partial charge in [0.05, 0.1) is 45.5 Å². The first-order valence-corrected chi connectivity index (χ1v) is 11.9. The van der Waals surface area contributed by atoms with E-state index >= 15 is 0 Å². The summed E-state index contributed by atoms with van der Waals surface area (Å²) >= 11 is 6.68. The minimum atomic E-state index is -0.407. The van der Waals surface area contributed by atoms with Crippen LogP contribution >= 0.6 is 24.0 Å². The van der Waals surface area contributed by atoms with Gasteiger partial charge in [-0.15, -0.1) is 0 Å². The first-order chi connectivity index (χ1) is 17.4.